The topological polar surface area (TPSA) is 235 Å². The van der Waals surface area contributed by atoms with Crippen LogP contribution in [-0.4, -0.2) is 64.8 Å². The minimum absolute atomic E-state index is 0.0550. The van der Waals surface area contributed by atoms with E-state index in [4.69, 9.17) is 9.29 Å². The van der Waals surface area contributed by atoms with Crippen molar-refractivity contribution in [3.63, 3.8) is 0 Å². The third kappa shape index (κ3) is 7.46. The smallest absolute Gasteiger partial charge is 0.397 e. The molecular formula is C21H21N3O12S3. The Balaban J connectivity index is 2.10. The fourth-order valence-corrected chi connectivity index (χ4v) is 5.69. The summed E-state index contributed by atoms with van der Waals surface area (Å²) < 4.78 is 98.4. The van der Waals surface area contributed by atoms with Crippen LogP contribution in [0, 0.1) is 0 Å². The normalized spacial score (nSPS) is 12.6. The first kappa shape index (κ1) is 29.9. The average Bonchev–Trinajstić information content (AvgIpc) is 2.81. The van der Waals surface area contributed by atoms with Crippen molar-refractivity contribution >= 4 is 64.1 Å². The number of anilines is 1. The molecule has 0 aliphatic rings. The largest absolute Gasteiger partial charge is 0.505 e. The second kappa shape index (κ2) is 11.2. The van der Waals surface area contributed by atoms with Gasteiger partial charge in [0.25, 0.3) is 10.1 Å². The summed E-state index contributed by atoms with van der Waals surface area (Å²) in [6.45, 7) is 0.356. The van der Waals surface area contributed by atoms with Crippen molar-refractivity contribution in [2.24, 2.45) is 10.2 Å². The van der Waals surface area contributed by atoms with E-state index in [0.717, 1.165) is 12.1 Å². The SMILES string of the molecule is COc1ccc(N=Nc2c(S(=O)(=O)O)cc3ccc(NC(C)=O)cc3c2O)cc1S(=O)(=O)CCOS(=O)(=O)O. The Morgan fingerprint density at radius 3 is 2.23 bits per heavy atom. The molecule has 3 aromatic carbocycles. The summed E-state index contributed by atoms with van der Waals surface area (Å²) in [4.78, 5) is 10.1. The molecule has 39 heavy (non-hydrogen) atoms. The van der Waals surface area contributed by atoms with Gasteiger partial charge in [-0.2, -0.15) is 21.9 Å². The van der Waals surface area contributed by atoms with E-state index in [2.05, 4.69) is 19.7 Å². The van der Waals surface area contributed by atoms with Gasteiger partial charge >= 0.3 is 10.4 Å². The van der Waals surface area contributed by atoms with E-state index in [1.165, 1.54) is 44.4 Å². The van der Waals surface area contributed by atoms with Crippen LogP contribution < -0.4 is 10.1 Å². The molecule has 0 aliphatic heterocycles. The minimum atomic E-state index is -4.93. The molecule has 15 nitrogen and oxygen atoms in total. The van der Waals surface area contributed by atoms with Crippen molar-refractivity contribution in [3.05, 3.63) is 42.5 Å². The first-order valence-corrected chi connectivity index (χ1v) is 15.0. The molecule has 0 radical (unpaired) electrons. The Morgan fingerprint density at radius 2 is 1.64 bits per heavy atom. The monoisotopic (exact) mass is 603 g/mol. The molecule has 0 heterocycles. The average molecular weight is 604 g/mol. The van der Waals surface area contributed by atoms with Crippen LogP contribution in [0.3, 0.4) is 0 Å². The summed E-state index contributed by atoms with van der Waals surface area (Å²) in [7, 11) is -12.9. The molecule has 3 rings (SSSR count). The molecule has 0 saturated carbocycles. The molecule has 0 spiro atoms. The van der Waals surface area contributed by atoms with Gasteiger partial charge in [0.15, 0.2) is 15.6 Å². The maximum Gasteiger partial charge on any atom is 0.397 e. The van der Waals surface area contributed by atoms with E-state index in [9.17, 15) is 39.7 Å². The van der Waals surface area contributed by atoms with Crippen molar-refractivity contribution in [2.75, 3.05) is 24.8 Å². The van der Waals surface area contributed by atoms with Crippen molar-refractivity contribution in [2.45, 2.75) is 16.7 Å². The molecule has 0 atom stereocenters. The van der Waals surface area contributed by atoms with Gasteiger partial charge in [-0.15, -0.1) is 5.11 Å². The molecule has 4 N–H and O–H groups in total. The fourth-order valence-electron chi connectivity index (χ4n) is 3.35. The highest BCUT2D eigenvalue weighted by molar-refractivity contribution is 7.91. The van der Waals surface area contributed by atoms with E-state index in [1.807, 2.05) is 0 Å². The van der Waals surface area contributed by atoms with Gasteiger partial charge in [0.05, 0.1) is 25.2 Å². The third-order valence-corrected chi connectivity index (χ3v) is 8.01. The number of phenolic OH excluding ortho intramolecular Hbond substituents is 1. The van der Waals surface area contributed by atoms with Crippen LogP contribution in [0.2, 0.25) is 0 Å². The van der Waals surface area contributed by atoms with E-state index < -0.39 is 69.8 Å². The van der Waals surface area contributed by atoms with Crippen LogP contribution >= 0.6 is 0 Å². The third-order valence-electron chi connectivity index (χ3n) is 4.98. The summed E-state index contributed by atoms with van der Waals surface area (Å²) in [6.07, 6.45) is 0. The second-order valence-corrected chi connectivity index (χ2v) is 12.3. The number of rotatable bonds is 10. The van der Waals surface area contributed by atoms with Crippen LogP contribution in [0.5, 0.6) is 11.5 Å². The molecule has 0 bridgehead atoms. The Morgan fingerprint density at radius 1 is 0.949 bits per heavy atom. The number of nitrogens with zero attached hydrogens (tertiary/aromatic N) is 2. The number of amides is 1. The van der Waals surface area contributed by atoms with Crippen molar-refractivity contribution in [1.82, 2.24) is 0 Å². The predicted octanol–water partition coefficient (Wildman–Crippen LogP) is 2.77. The van der Waals surface area contributed by atoms with Gasteiger partial charge in [0.2, 0.25) is 5.91 Å². The van der Waals surface area contributed by atoms with E-state index in [-0.39, 0.29) is 27.9 Å². The molecular weight excluding hydrogens is 582 g/mol. The van der Waals surface area contributed by atoms with Crippen molar-refractivity contribution in [1.29, 1.82) is 0 Å². The zero-order chi connectivity index (χ0) is 29.2. The number of nitrogens with one attached hydrogen (secondary N) is 1. The zero-order valence-corrected chi connectivity index (χ0v) is 22.5. The van der Waals surface area contributed by atoms with Gasteiger partial charge in [0, 0.05) is 18.0 Å². The quantitative estimate of drug-likeness (QED) is 0.193. The van der Waals surface area contributed by atoms with Crippen LogP contribution in [-0.2, 0) is 39.3 Å². The number of azo groups is 1. The van der Waals surface area contributed by atoms with Gasteiger partial charge in [-0.3, -0.25) is 13.9 Å². The summed E-state index contributed by atoms with van der Waals surface area (Å²) in [6, 6.07) is 8.61. The maximum absolute atomic E-state index is 12.7. The Hall–Kier alpha value is -3.68. The molecule has 18 heteroatoms. The highest BCUT2D eigenvalue weighted by Gasteiger charge is 2.24. The number of ether oxygens (including phenoxy) is 1. The number of hydrogen-bond donors (Lipinski definition) is 4. The molecule has 0 aromatic heterocycles. The molecule has 0 fully saturated rings. The lowest BCUT2D eigenvalue weighted by atomic mass is 10.1. The number of carbonyl (C=O) groups excluding carboxylic acids is 1. The lowest BCUT2D eigenvalue weighted by Gasteiger charge is -2.11. The van der Waals surface area contributed by atoms with Gasteiger partial charge in [0.1, 0.15) is 21.2 Å². The van der Waals surface area contributed by atoms with Crippen LogP contribution in [0.25, 0.3) is 10.8 Å². The van der Waals surface area contributed by atoms with Gasteiger partial charge in [-0.25, -0.2) is 12.6 Å². The van der Waals surface area contributed by atoms with Gasteiger partial charge in [-0.05, 0) is 41.8 Å². The van der Waals surface area contributed by atoms with Crippen molar-refractivity contribution < 1.29 is 53.2 Å². The molecule has 0 unspecified atom stereocenters. The first-order chi connectivity index (χ1) is 18.0. The minimum Gasteiger partial charge on any atom is -0.505 e. The number of sulfone groups is 1. The number of phenols is 1. The number of methoxy groups -OCH3 is 1. The highest BCUT2D eigenvalue weighted by atomic mass is 32.3. The van der Waals surface area contributed by atoms with E-state index in [0.29, 0.717) is 0 Å². The van der Waals surface area contributed by atoms with Gasteiger partial charge < -0.3 is 15.2 Å². The van der Waals surface area contributed by atoms with Crippen LogP contribution in [0.4, 0.5) is 17.1 Å². The molecule has 1 amide bonds. The van der Waals surface area contributed by atoms with E-state index >= 15 is 0 Å². The Kier molecular flexibility index (Phi) is 8.58. The molecule has 0 saturated heterocycles. The lowest BCUT2D eigenvalue weighted by Crippen LogP contribution is -2.16. The second-order valence-electron chi connectivity index (χ2n) is 7.77. The Labute approximate surface area is 222 Å². The Bertz CT molecular complexity index is 1800. The number of benzene rings is 3. The molecule has 0 aliphatic carbocycles. The summed E-state index contributed by atoms with van der Waals surface area (Å²) in [5.74, 6) is -2.14. The van der Waals surface area contributed by atoms with E-state index in [1.54, 1.807) is 0 Å². The maximum atomic E-state index is 12.7. The molecule has 210 valence electrons. The zero-order valence-electron chi connectivity index (χ0n) is 20.1. The first-order valence-electron chi connectivity index (χ1n) is 10.5. The number of fused-ring (bicyclic) bond motifs is 1. The van der Waals surface area contributed by atoms with Gasteiger partial charge in [-0.1, -0.05) is 6.07 Å². The number of carbonyl (C=O) groups is 1. The number of hydrogen-bond acceptors (Lipinski definition) is 12. The van der Waals surface area contributed by atoms with Crippen molar-refractivity contribution in [3.8, 4) is 11.5 Å². The highest BCUT2D eigenvalue weighted by Crippen LogP contribution is 2.42. The predicted molar refractivity (Wildman–Crippen MR) is 136 cm³/mol. The molecule has 3 aromatic rings. The summed E-state index contributed by atoms with van der Waals surface area (Å²) in [5, 5.41) is 21.1. The lowest BCUT2D eigenvalue weighted by molar-refractivity contribution is -0.114. The number of aromatic hydroxyl groups is 1. The summed E-state index contributed by atoms with van der Waals surface area (Å²) in [5.41, 5.74) is -0.569. The van der Waals surface area contributed by atoms with Crippen LogP contribution in [0.1, 0.15) is 6.92 Å². The standard InChI is InChI=1S/C21H21N3O12S3/c1-12(25)22-14-4-3-13-9-19(38(29,30)31)20(21(26)16(13)10-14)24-23-15-5-6-17(35-2)18(11-15)37(27,28)8-7-36-39(32,33)34/h3-6,9-11,26H,7-8H2,1-2H3,(H,22,25)(H,29,30,31)(H,32,33,34). The fraction of sp³-hybridized carbons (Fsp3) is 0.190. The summed E-state index contributed by atoms with van der Waals surface area (Å²) >= 11 is 0. The van der Waals surface area contributed by atoms with Crippen LogP contribution in [0.15, 0.2) is 62.5 Å².